The molecule has 0 fully saturated rings. The van der Waals surface area contributed by atoms with Gasteiger partial charge in [0.05, 0.1) is 17.4 Å². The number of nitrogens with one attached hydrogen (secondary N) is 1. The van der Waals surface area contributed by atoms with Crippen molar-refractivity contribution < 1.29 is 0 Å². The van der Waals surface area contributed by atoms with Crippen molar-refractivity contribution in [3.8, 4) is 11.5 Å². The van der Waals surface area contributed by atoms with Crippen LogP contribution >= 0.6 is 0 Å². The normalized spacial score (nSPS) is 15.6. The van der Waals surface area contributed by atoms with Crippen LogP contribution in [0, 0.1) is 0 Å². The lowest BCUT2D eigenvalue weighted by atomic mass is 10.1. The second-order valence-corrected chi connectivity index (χ2v) is 6.85. The first kappa shape index (κ1) is 16.2. The van der Waals surface area contributed by atoms with Gasteiger partial charge in [-0.1, -0.05) is 6.92 Å². The molecule has 0 spiro atoms. The van der Waals surface area contributed by atoms with Crippen LogP contribution in [0.25, 0.3) is 17.3 Å². The first-order chi connectivity index (χ1) is 13.3. The van der Waals surface area contributed by atoms with Gasteiger partial charge < -0.3 is 9.88 Å². The number of rotatable bonds is 4. The molecule has 1 aliphatic heterocycles. The summed E-state index contributed by atoms with van der Waals surface area (Å²) < 4.78 is 6.24. The van der Waals surface area contributed by atoms with Crippen LogP contribution in [0.3, 0.4) is 0 Å². The molecule has 27 heavy (non-hydrogen) atoms. The van der Waals surface area contributed by atoms with E-state index < -0.39 is 0 Å². The Balaban J connectivity index is 1.55. The largest absolute Gasteiger partial charge is 0.321 e. The topological polar surface area (TPSA) is 77.9 Å². The lowest BCUT2D eigenvalue weighted by Crippen LogP contribution is -2.12. The van der Waals surface area contributed by atoms with E-state index in [-0.39, 0.29) is 6.04 Å². The molecule has 138 valence electrons. The first-order valence-electron chi connectivity index (χ1n) is 9.43. The van der Waals surface area contributed by atoms with Gasteiger partial charge in [0.1, 0.15) is 5.69 Å². The molecule has 1 N–H and O–H groups in total. The minimum Gasteiger partial charge on any atom is -0.321 e. The van der Waals surface area contributed by atoms with E-state index in [4.69, 9.17) is 10.1 Å². The third-order valence-electron chi connectivity index (χ3n) is 5.11. The molecule has 0 saturated carbocycles. The standard InChI is InChI=1S/C19H22N8/c1-2-17(16-13-25-8-4-6-22-19(25)23-16)26-10-7-21-18(26)15-11-14-12-20-5-3-9-27(14)24-15/h4,6-8,10-11,13,17,20H,2-3,5,9,12H2,1H3/t17-/m0/s1. The van der Waals surface area contributed by atoms with Gasteiger partial charge in [0.2, 0.25) is 5.78 Å². The molecule has 0 amide bonds. The molecule has 8 nitrogen and oxygen atoms in total. The van der Waals surface area contributed by atoms with Gasteiger partial charge in [-0.25, -0.2) is 15.0 Å². The Hall–Kier alpha value is -3.00. The van der Waals surface area contributed by atoms with E-state index in [1.165, 1.54) is 5.69 Å². The first-order valence-corrected chi connectivity index (χ1v) is 9.43. The molecule has 5 rings (SSSR count). The van der Waals surface area contributed by atoms with Crippen LogP contribution in [0.15, 0.2) is 43.1 Å². The fraction of sp³-hybridized carbons (Fsp3) is 0.368. The van der Waals surface area contributed by atoms with Gasteiger partial charge in [-0.3, -0.25) is 9.08 Å². The molecular formula is C19H22N8. The van der Waals surface area contributed by atoms with Crippen LogP contribution < -0.4 is 5.32 Å². The average molecular weight is 362 g/mol. The van der Waals surface area contributed by atoms with Crippen LogP contribution in [-0.4, -0.2) is 40.2 Å². The Morgan fingerprint density at radius 2 is 2.19 bits per heavy atom. The second-order valence-electron chi connectivity index (χ2n) is 6.85. The molecule has 0 bridgehead atoms. The highest BCUT2D eigenvalue weighted by Gasteiger charge is 2.22. The molecule has 0 aromatic carbocycles. The summed E-state index contributed by atoms with van der Waals surface area (Å²) >= 11 is 0. The summed E-state index contributed by atoms with van der Waals surface area (Å²) in [6.45, 7) is 4.99. The smallest absolute Gasteiger partial charge is 0.233 e. The Morgan fingerprint density at radius 1 is 1.22 bits per heavy atom. The van der Waals surface area contributed by atoms with Crippen molar-refractivity contribution in [3.05, 3.63) is 54.5 Å². The zero-order valence-electron chi connectivity index (χ0n) is 15.3. The Kier molecular flexibility index (Phi) is 3.97. The lowest BCUT2D eigenvalue weighted by molar-refractivity contribution is 0.555. The number of aromatic nitrogens is 7. The van der Waals surface area contributed by atoms with Gasteiger partial charge >= 0.3 is 0 Å². The van der Waals surface area contributed by atoms with Crippen molar-refractivity contribution in [3.63, 3.8) is 0 Å². The molecule has 4 aromatic heterocycles. The zero-order valence-corrected chi connectivity index (χ0v) is 15.3. The number of fused-ring (bicyclic) bond motifs is 2. The minimum atomic E-state index is 0.0869. The molecule has 1 atom stereocenters. The summed E-state index contributed by atoms with van der Waals surface area (Å²) in [5.74, 6) is 1.60. The number of nitrogens with zero attached hydrogens (tertiary/aromatic N) is 7. The van der Waals surface area contributed by atoms with Gasteiger partial charge in [-0.05, 0) is 31.5 Å². The number of hydrogen-bond acceptors (Lipinski definition) is 5. The third kappa shape index (κ3) is 2.82. The predicted octanol–water partition coefficient (Wildman–Crippen LogP) is 2.28. The van der Waals surface area contributed by atoms with Gasteiger partial charge in [0, 0.05) is 44.1 Å². The summed E-state index contributed by atoms with van der Waals surface area (Å²) in [7, 11) is 0. The monoisotopic (exact) mass is 362 g/mol. The molecular weight excluding hydrogens is 340 g/mol. The van der Waals surface area contributed by atoms with Crippen molar-refractivity contribution in [1.29, 1.82) is 0 Å². The predicted molar refractivity (Wildman–Crippen MR) is 101 cm³/mol. The minimum absolute atomic E-state index is 0.0869. The van der Waals surface area contributed by atoms with E-state index in [2.05, 4.69) is 37.5 Å². The molecule has 1 aliphatic rings. The van der Waals surface area contributed by atoms with Crippen LogP contribution in [0.1, 0.15) is 37.2 Å². The van der Waals surface area contributed by atoms with Gasteiger partial charge in [0.25, 0.3) is 0 Å². The van der Waals surface area contributed by atoms with E-state index >= 15 is 0 Å². The van der Waals surface area contributed by atoms with Crippen LogP contribution in [0.2, 0.25) is 0 Å². The molecule has 0 unspecified atom stereocenters. The van der Waals surface area contributed by atoms with E-state index in [0.717, 1.165) is 49.7 Å². The Labute approximate surface area is 156 Å². The maximum absolute atomic E-state index is 4.82. The van der Waals surface area contributed by atoms with Crippen molar-refractivity contribution in [1.82, 2.24) is 39.0 Å². The summed E-state index contributed by atoms with van der Waals surface area (Å²) in [6.07, 6.45) is 11.6. The fourth-order valence-electron chi connectivity index (χ4n) is 3.79. The van der Waals surface area contributed by atoms with E-state index in [1.54, 1.807) is 6.20 Å². The molecule has 5 heterocycles. The summed E-state index contributed by atoms with van der Waals surface area (Å²) in [4.78, 5) is 13.7. The van der Waals surface area contributed by atoms with Crippen molar-refractivity contribution in [2.45, 2.75) is 38.9 Å². The maximum atomic E-state index is 4.82. The number of hydrogen-bond donors (Lipinski definition) is 1. The molecule has 0 saturated heterocycles. The highest BCUT2D eigenvalue weighted by Crippen LogP contribution is 2.28. The summed E-state index contributed by atoms with van der Waals surface area (Å²) in [6, 6.07) is 4.15. The highest BCUT2D eigenvalue weighted by atomic mass is 15.3. The lowest BCUT2D eigenvalue weighted by Gasteiger charge is -2.16. The van der Waals surface area contributed by atoms with E-state index in [1.807, 2.05) is 35.3 Å². The summed E-state index contributed by atoms with van der Waals surface area (Å²) in [5, 5.41) is 8.27. The molecule has 0 radical (unpaired) electrons. The SMILES string of the molecule is CC[C@@H](c1cn2cccnc2n1)n1ccnc1-c1cc2n(n1)CCCNC2. The molecule has 8 heteroatoms. The van der Waals surface area contributed by atoms with Crippen LogP contribution in [0.5, 0.6) is 0 Å². The Bertz CT molecular complexity index is 1020. The molecule has 4 aromatic rings. The van der Waals surface area contributed by atoms with Crippen LogP contribution in [-0.2, 0) is 13.1 Å². The number of imidazole rings is 2. The quantitative estimate of drug-likeness (QED) is 0.603. The van der Waals surface area contributed by atoms with Crippen molar-refractivity contribution in [2.24, 2.45) is 0 Å². The van der Waals surface area contributed by atoms with Gasteiger partial charge in [-0.2, -0.15) is 5.10 Å². The van der Waals surface area contributed by atoms with E-state index in [0.29, 0.717) is 5.78 Å². The number of aryl methyl sites for hydroxylation is 1. The third-order valence-corrected chi connectivity index (χ3v) is 5.11. The Morgan fingerprint density at radius 3 is 3.07 bits per heavy atom. The van der Waals surface area contributed by atoms with Crippen LogP contribution in [0.4, 0.5) is 0 Å². The van der Waals surface area contributed by atoms with Crippen molar-refractivity contribution >= 4 is 5.78 Å². The maximum Gasteiger partial charge on any atom is 0.233 e. The molecule has 0 aliphatic carbocycles. The average Bonchev–Trinajstić information content (AvgIpc) is 3.38. The van der Waals surface area contributed by atoms with E-state index in [9.17, 15) is 0 Å². The van der Waals surface area contributed by atoms with Gasteiger partial charge in [-0.15, -0.1) is 0 Å². The zero-order chi connectivity index (χ0) is 18.2. The van der Waals surface area contributed by atoms with Gasteiger partial charge in [0.15, 0.2) is 5.82 Å². The summed E-state index contributed by atoms with van der Waals surface area (Å²) in [5.41, 5.74) is 3.11. The highest BCUT2D eigenvalue weighted by molar-refractivity contribution is 5.51. The fourth-order valence-corrected chi connectivity index (χ4v) is 3.79. The van der Waals surface area contributed by atoms with Crippen molar-refractivity contribution in [2.75, 3.05) is 6.54 Å². The second kappa shape index (κ2) is 6.62.